The molecule has 2 heterocycles. The molecule has 0 saturated heterocycles. The van der Waals surface area contributed by atoms with Gasteiger partial charge in [0, 0.05) is 56.4 Å². The molecule has 2 atom stereocenters. The second-order valence-electron chi connectivity index (χ2n) is 7.98. The molecule has 2 aromatic rings. The van der Waals surface area contributed by atoms with Crippen molar-refractivity contribution in [3.05, 3.63) is 60.2 Å². The lowest BCUT2D eigenvalue weighted by atomic mass is 10.0. The van der Waals surface area contributed by atoms with Crippen LogP contribution in [-0.4, -0.2) is 58.8 Å². The van der Waals surface area contributed by atoms with Gasteiger partial charge in [0.1, 0.15) is 17.5 Å². The topological polar surface area (TPSA) is 103 Å². The first-order chi connectivity index (χ1) is 15.8. The maximum absolute atomic E-state index is 13.0. The summed E-state index contributed by atoms with van der Waals surface area (Å²) in [7, 11) is 3.12. The van der Waals surface area contributed by atoms with Crippen molar-refractivity contribution in [2.45, 2.75) is 26.2 Å². The number of aliphatic imine (C=N–C) groups is 1. The molecule has 1 aromatic heterocycles. The predicted molar refractivity (Wildman–Crippen MR) is 131 cm³/mol. The molecule has 0 aliphatic carbocycles. The van der Waals surface area contributed by atoms with E-state index in [1.165, 1.54) is 18.2 Å². The van der Waals surface area contributed by atoms with E-state index >= 15 is 0 Å². The number of hydrogen-bond donors (Lipinski definition) is 2. The maximum Gasteiger partial charge on any atom is 0.268 e. The number of imidazole rings is 1. The summed E-state index contributed by atoms with van der Waals surface area (Å²) >= 11 is 0. The first-order valence-corrected chi connectivity index (χ1v) is 10.9. The summed E-state index contributed by atoms with van der Waals surface area (Å²) in [5, 5.41) is 11.1. The van der Waals surface area contributed by atoms with Crippen LogP contribution in [-0.2, 0) is 9.59 Å². The Morgan fingerprint density at radius 1 is 1.36 bits per heavy atom. The molecule has 0 fully saturated rings. The number of amides is 2. The van der Waals surface area contributed by atoms with Crippen LogP contribution in [0.4, 0.5) is 0 Å². The third-order valence-electron chi connectivity index (χ3n) is 5.59. The number of aromatic nitrogens is 2. The normalized spacial score (nSPS) is 16.4. The highest BCUT2D eigenvalue weighted by Crippen LogP contribution is 2.26. The number of carbonyl (C=O) groups excluding carboxylic acids is 2. The van der Waals surface area contributed by atoms with E-state index in [0.29, 0.717) is 18.7 Å². The summed E-state index contributed by atoms with van der Waals surface area (Å²) in [6.45, 7) is 4.35. The molecule has 2 amide bonds. The zero-order valence-electron chi connectivity index (χ0n) is 19.4. The molecule has 0 radical (unpaired) electrons. The quantitative estimate of drug-likeness (QED) is 0.638. The van der Waals surface area contributed by atoms with Gasteiger partial charge in [0.25, 0.3) is 5.91 Å². The van der Waals surface area contributed by atoms with E-state index in [1.807, 2.05) is 60.3 Å². The third-order valence-corrected chi connectivity index (χ3v) is 5.59. The minimum atomic E-state index is -1.07. The zero-order valence-corrected chi connectivity index (χ0v) is 19.4. The second kappa shape index (κ2) is 10.7. The molecular formula is C25H30N6O2. The summed E-state index contributed by atoms with van der Waals surface area (Å²) in [5.41, 5.74) is 2.23. The summed E-state index contributed by atoms with van der Waals surface area (Å²) < 4.78 is 1.97. The molecule has 1 aromatic carbocycles. The van der Waals surface area contributed by atoms with Gasteiger partial charge in [-0.1, -0.05) is 43.3 Å². The van der Waals surface area contributed by atoms with E-state index in [2.05, 4.69) is 17.2 Å². The predicted octanol–water partition coefficient (Wildman–Crippen LogP) is 3.34. The van der Waals surface area contributed by atoms with Crippen LogP contribution in [0, 0.1) is 11.3 Å². The van der Waals surface area contributed by atoms with Crippen LogP contribution < -0.4 is 5.32 Å². The number of nitrogens with zero attached hydrogens (tertiary/aromatic N) is 4. The standard InChI is InChI=1S/C25H30N6O2/c1-5-30(4)25(33)22(26)20(15-27-3)24(32)28-19-12-11-17(2)23-29-21(16-31(23)14-13-19)18-9-7-6-8-10-18/h6-10,12-17,20,26H,5,11H2,1-4H3,(H,28,32). The molecule has 33 heavy (non-hydrogen) atoms. The molecule has 0 spiro atoms. The Morgan fingerprint density at radius 3 is 2.76 bits per heavy atom. The van der Waals surface area contributed by atoms with Gasteiger partial charge in [0.2, 0.25) is 5.91 Å². The zero-order chi connectivity index (χ0) is 24.0. The Labute approximate surface area is 194 Å². The Morgan fingerprint density at radius 2 is 2.09 bits per heavy atom. The molecule has 0 bridgehead atoms. The highest BCUT2D eigenvalue weighted by Gasteiger charge is 2.28. The molecule has 172 valence electrons. The van der Waals surface area contributed by atoms with E-state index < -0.39 is 17.7 Å². The Bertz CT molecular complexity index is 1110. The average Bonchev–Trinajstić information content (AvgIpc) is 3.26. The Balaban J connectivity index is 1.81. The number of hydrogen-bond acceptors (Lipinski definition) is 5. The van der Waals surface area contributed by atoms with Crippen LogP contribution in [0.2, 0.25) is 0 Å². The van der Waals surface area contributed by atoms with Crippen LogP contribution >= 0.6 is 0 Å². The first kappa shape index (κ1) is 23.8. The Kier molecular flexibility index (Phi) is 7.71. The van der Waals surface area contributed by atoms with Crippen molar-refractivity contribution in [3.63, 3.8) is 0 Å². The van der Waals surface area contributed by atoms with Crippen LogP contribution in [0.15, 0.2) is 59.4 Å². The Hall–Kier alpha value is -3.81. The van der Waals surface area contributed by atoms with Crippen molar-refractivity contribution < 1.29 is 9.59 Å². The number of allylic oxidation sites excluding steroid dienone is 2. The molecule has 3 rings (SSSR count). The summed E-state index contributed by atoms with van der Waals surface area (Å²) in [6.07, 6.45) is 9.57. The molecule has 2 unspecified atom stereocenters. The lowest BCUT2D eigenvalue weighted by Crippen LogP contribution is -2.43. The van der Waals surface area contributed by atoms with Gasteiger partial charge in [-0.15, -0.1) is 0 Å². The lowest BCUT2D eigenvalue weighted by Gasteiger charge is -2.20. The number of nitrogens with one attached hydrogen (secondary N) is 2. The molecular weight excluding hydrogens is 416 g/mol. The smallest absolute Gasteiger partial charge is 0.268 e. The molecule has 1 aliphatic heterocycles. The largest absolute Gasteiger partial charge is 0.341 e. The van der Waals surface area contributed by atoms with E-state index in [4.69, 9.17) is 10.4 Å². The van der Waals surface area contributed by atoms with Gasteiger partial charge in [-0.2, -0.15) is 0 Å². The monoisotopic (exact) mass is 446 g/mol. The van der Waals surface area contributed by atoms with Gasteiger partial charge in [-0.25, -0.2) is 4.98 Å². The SMILES string of the molecule is CCN(C)C(=O)C(=N)C(C=NC)C(=O)NC1=CCC(C)c2nc(-c3ccccc3)cn2C=C1. The van der Waals surface area contributed by atoms with Gasteiger partial charge in [-0.3, -0.25) is 20.0 Å². The third kappa shape index (κ3) is 5.52. The highest BCUT2D eigenvalue weighted by atomic mass is 16.2. The number of rotatable bonds is 7. The van der Waals surface area contributed by atoms with Gasteiger partial charge in [0.15, 0.2) is 0 Å². The molecule has 8 nitrogen and oxygen atoms in total. The van der Waals surface area contributed by atoms with Crippen LogP contribution in [0.5, 0.6) is 0 Å². The van der Waals surface area contributed by atoms with Gasteiger partial charge >= 0.3 is 0 Å². The fourth-order valence-electron chi connectivity index (χ4n) is 3.50. The van der Waals surface area contributed by atoms with Crippen molar-refractivity contribution in [1.29, 1.82) is 5.41 Å². The molecule has 2 N–H and O–H groups in total. The second-order valence-corrected chi connectivity index (χ2v) is 7.98. The minimum Gasteiger partial charge on any atom is -0.341 e. The highest BCUT2D eigenvalue weighted by molar-refractivity contribution is 6.45. The van der Waals surface area contributed by atoms with E-state index in [0.717, 1.165) is 17.1 Å². The van der Waals surface area contributed by atoms with E-state index in [9.17, 15) is 9.59 Å². The lowest BCUT2D eigenvalue weighted by molar-refractivity contribution is -0.125. The summed E-state index contributed by atoms with van der Waals surface area (Å²) in [5.74, 6) is -0.960. The van der Waals surface area contributed by atoms with Gasteiger partial charge in [0.05, 0.1) is 5.69 Å². The fraction of sp³-hybridized carbons (Fsp3) is 0.320. The first-order valence-electron chi connectivity index (χ1n) is 10.9. The van der Waals surface area contributed by atoms with Crippen molar-refractivity contribution in [1.82, 2.24) is 19.8 Å². The minimum absolute atomic E-state index is 0.130. The summed E-state index contributed by atoms with van der Waals surface area (Å²) in [4.78, 5) is 35.5. The van der Waals surface area contributed by atoms with Crippen LogP contribution in [0.25, 0.3) is 17.5 Å². The van der Waals surface area contributed by atoms with Crippen molar-refractivity contribution in [3.8, 4) is 11.3 Å². The van der Waals surface area contributed by atoms with E-state index in [1.54, 1.807) is 13.1 Å². The molecule has 8 heteroatoms. The number of fused-ring (bicyclic) bond motifs is 1. The van der Waals surface area contributed by atoms with Crippen molar-refractivity contribution >= 4 is 29.9 Å². The molecule has 0 saturated carbocycles. The number of carbonyl (C=O) groups is 2. The van der Waals surface area contributed by atoms with Crippen molar-refractivity contribution in [2.24, 2.45) is 10.9 Å². The fourth-order valence-corrected chi connectivity index (χ4v) is 3.50. The maximum atomic E-state index is 13.0. The summed E-state index contributed by atoms with van der Waals surface area (Å²) in [6, 6.07) is 9.99. The van der Waals surface area contributed by atoms with Crippen molar-refractivity contribution in [2.75, 3.05) is 20.6 Å². The molecule has 1 aliphatic rings. The van der Waals surface area contributed by atoms with Crippen LogP contribution in [0.3, 0.4) is 0 Å². The number of benzene rings is 1. The van der Waals surface area contributed by atoms with Gasteiger partial charge in [-0.05, 0) is 19.4 Å². The van der Waals surface area contributed by atoms with E-state index in [-0.39, 0.29) is 11.6 Å². The van der Waals surface area contributed by atoms with Gasteiger partial charge < -0.3 is 14.8 Å². The average molecular weight is 447 g/mol. The van der Waals surface area contributed by atoms with Crippen LogP contribution in [0.1, 0.15) is 32.0 Å².